The fraction of sp³-hybridized carbons (Fsp3) is 0.222. The minimum atomic E-state index is -1.75. The van der Waals surface area contributed by atoms with Crippen LogP contribution in [0.5, 0.6) is 0 Å². The Balaban J connectivity index is 1.95. The monoisotopic (exact) mass is 328 g/mol. The molecule has 1 amide bonds. The lowest BCUT2D eigenvalue weighted by Gasteiger charge is -2.32. The van der Waals surface area contributed by atoms with Crippen LogP contribution in [0.15, 0.2) is 59.7 Å². The number of hydrogen-bond acceptors (Lipinski definition) is 4. The van der Waals surface area contributed by atoms with Crippen molar-refractivity contribution in [2.45, 2.75) is 25.2 Å². The van der Waals surface area contributed by atoms with Crippen LogP contribution in [0.4, 0.5) is 4.39 Å². The van der Waals surface area contributed by atoms with E-state index in [1.165, 1.54) is 24.3 Å². The lowest BCUT2D eigenvalue weighted by Crippen LogP contribution is -2.45. The Kier molecular flexibility index (Phi) is 4.17. The van der Waals surface area contributed by atoms with Crippen molar-refractivity contribution in [1.82, 2.24) is 5.01 Å². The van der Waals surface area contributed by atoms with Gasteiger partial charge in [0.05, 0.1) is 0 Å². The van der Waals surface area contributed by atoms with Gasteiger partial charge in [-0.2, -0.15) is 10.1 Å². The Morgan fingerprint density at radius 1 is 1.21 bits per heavy atom. The highest BCUT2D eigenvalue weighted by atomic mass is 19.1. The molecule has 1 aliphatic heterocycles. The van der Waals surface area contributed by atoms with Gasteiger partial charge in [0, 0.05) is 17.7 Å². The van der Waals surface area contributed by atoms with Crippen molar-refractivity contribution < 1.29 is 19.4 Å². The fourth-order valence-corrected chi connectivity index (χ4v) is 2.79. The van der Waals surface area contributed by atoms with E-state index in [0.717, 1.165) is 5.01 Å². The molecule has 0 saturated heterocycles. The van der Waals surface area contributed by atoms with Gasteiger partial charge < -0.3 is 10.2 Å². The van der Waals surface area contributed by atoms with Gasteiger partial charge in [0.25, 0.3) is 5.91 Å². The number of amides is 1. The number of hydrogen-bond donors (Lipinski definition) is 2. The molecule has 2 aromatic rings. The molecule has 5 nitrogen and oxygen atoms in total. The summed E-state index contributed by atoms with van der Waals surface area (Å²) in [6.45, 7) is 1.68. The minimum Gasteiger partial charge on any atom is -0.378 e. The maximum Gasteiger partial charge on any atom is 0.279 e. The Bertz CT molecular complexity index is 777. The molecule has 24 heavy (non-hydrogen) atoms. The van der Waals surface area contributed by atoms with E-state index in [4.69, 9.17) is 0 Å². The molecule has 1 heterocycles. The molecule has 2 aromatic carbocycles. The molecular formula is C18H17FN2O3. The van der Waals surface area contributed by atoms with E-state index in [1.807, 2.05) is 0 Å². The van der Waals surface area contributed by atoms with Crippen LogP contribution in [-0.2, 0) is 10.5 Å². The first-order chi connectivity index (χ1) is 11.4. The number of rotatable bonds is 3. The third-order valence-corrected chi connectivity index (χ3v) is 3.99. The molecule has 2 atom stereocenters. The Labute approximate surface area is 138 Å². The number of nitrogens with zero attached hydrogens (tertiary/aromatic N) is 2. The first-order valence-corrected chi connectivity index (χ1v) is 7.51. The summed E-state index contributed by atoms with van der Waals surface area (Å²) in [7, 11) is 0. The standard InChI is InChI=1S/C18H17FN2O3/c1-12-11-18(24,14-7-9-15(19)10-8-14)21(20-12)17(23)16(22)13-5-3-2-4-6-13/h2-10,16,22,24H,11H2,1H3/t16-,18-/m1/s1. The van der Waals surface area contributed by atoms with Crippen LogP contribution in [0.1, 0.15) is 30.6 Å². The molecule has 0 saturated carbocycles. The number of benzene rings is 2. The first kappa shape index (κ1) is 16.3. The topological polar surface area (TPSA) is 73.1 Å². The van der Waals surface area contributed by atoms with Crippen molar-refractivity contribution in [3.05, 3.63) is 71.5 Å². The highest BCUT2D eigenvalue weighted by molar-refractivity contribution is 5.90. The van der Waals surface area contributed by atoms with Gasteiger partial charge in [-0.05, 0) is 24.6 Å². The highest BCUT2D eigenvalue weighted by Crippen LogP contribution is 2.37. The molecule has 0 unspecified atom stereocenters. The van der Waals surface area contributed by atoms with E-state index in [-0.39, 0.29) is 6.42 Å². The SMILES string of the molecule is CC1=NN(C(=O)[C@H](O)c2ccccc2)[C@](O)(c2ccc(F)cc2)C1. The highest BCUT2D eigenvalue weighted by Gasteiger charge is 2.46. The van der Waals surface area contributed by atoms with E-state index in [1.54, 1.807) is 37.3 Å². The first-order valence-electron chi connectivity index (χ1n) is 7.51. The van der Waals surface area contributed by atoms with Crippen LogP contribution in [0, 0.1) is 5.82 Å². The molecule has 3 rings (SSSR count). The van der Waals surface area contributed by atoms with E-state index in [0.29, 0.717) is 16.8 Å². The van der Waals surface area contributed by atoms with Crippen molar-refractivity contribution in [2.75, 3.05) is 0 Å². The Morgan fingerprint density at radius 3 is 2.46 bits per heavy atom. The number of carbonyl (C=O) groups excluding carboxylic acids is 1. The third kappa shape index (κ3) is 2.81. The molecule has 0 aromatic heterocycles. The van der Waals surface area contributed by atoms with Gasteiger partial charge in [0.2, 0.25) is 0 Å². The van der Waals surface area contributed by atoms with E-state index < -0.39 is 23.6 Å². The Morgan fingerprint density at radius 2 is 1.83 bits per heavy atom. The number of carbonyl (C=O) groups is 1. The van der Waals surface area contributed by atoms with Crippen LogP contribution >= 0.6 is 0 Å². The van der Waals surface area contributed by atoms with Crippen molar-refractivity contribution in [1.29, 1.82) is 0 Å². The maximum absolute atomic E-state index is 13.1. The molecule has 0 radical (unpaired) electrons. The van der Waals surface area contributed by atoms with Gasteiger partial charge in [-0.3, -0.25) is 4.79 Å². The maximum atomic E-state index is 13.1. The van der Waals surface area contributed by atoms with Gasteiger partial charge in [-0.1, -0.05) is 42.5 Å². The van der Waals surface area contributed by atoms with Crippen LogP contribution in [0.3, 0.4) is 0 Å². The van der Waals surface area contributed by atoms with Gasteiger partial charge in [0.1, 0.15) is 5.82 Å². The number of aliphatic hydroxyl groups excluding tert-OH is 1. The second-order valence-corrected chi connectivity index (χ2v) is 5.80. The van der Waals surface area contributed by atoms with E-state index in [9.17, 15) is 19.4 Å². The summed E-state index contributed by atoms with van der Waals surface area (Å²) in [6.07, 6.45) is -1.36. The van der Waals surface area contributed by atoms with Gasteiger partial charge in [-0.15, -0.1) is 0 Å². The molecule has 0 fully saturated rings. The molecule has 2 N–H and O–H groups in total. The number of hydrazone groups is 1. The average molecular weight is 328 g/mol. The normalized spacial score (nSPS) is 21.5. The largest absolute Gasteiger partial charge is 0.378 e. The lowest BCUT2D eigenvalue weighted by atomic mass is 9.97. The third-order valence-electron chi connectivity index (χ3n) is 3.99. The summed E-state index contributed by atoms with van der Waals surface area (Å²) >= 11 is 0. The predicted octanol–water partition coefficient (Wildman–Crippen LogP) is 2.31. The molecule has 124 valence electrons. The van der Waals surface area contributed by atoms with Crippen molar-refractivity contribution in [2.24, 2.45) is 5.10 Å². The smallest absolute Gasteiger partial charge is 0.279 e. The predicted molar refractivity (Wildman–Crippen MR) is 86.3 cm³/mol. The zero-order valence-corrected chi connectivity index (χ0v) is 13.1. The van der Waals surface area contributed by atoms with E-state index in [2.05, 4.69) is 5.10 Å². The summed E-state index contributed by atoms with van der Waals surface area (Å²) in [5.74, 6) is -1.19. The van der Waals surface area contributed by atoms with Gasteiger partial charge in [-0.25, -0.2) is 4.39 Å². The molecular weight excluding hydrogens is 311 g/mol. The molecule has 0 bridgehead atoms. The minimum absolute atomic E-state index is 0.0892. The van der Waals surface area contributed by atoms with Crippen LogP contribution in [0.25, 0.3) is 0 Å². The van der Waals surface area contributed by atoms with Crippen LogP contribution in [-0.4, -0.2) is 26.8 Å². The van der Waals surface area contributed by atoms with Crippen LogP contribution in [0.2, 0.25) is 0 Å². The average Bonchev–Trinajstić information content (AvgIpc) is 2.90. The summed E-state index contributed by atoms with van der Waals surface area (Å²) in [6, 6.07) is 13.6. The van der Waals surface area contributed by atoms with E-state index >= 15 is 0 Å². The summed E-state index contributed by atoms with van der Waals surface area (Å²) in [4.78, 5) is 12.7. The lowest BCUT2D eigenvalue weighted by molar-refractivity contribution is -0.167. The summed E-state index contributed by atoms with van der Waals surface area (Å²) < 4.78 is 13.1. The van der Waals surface area contributed by atoms with Crippen molar-refractivity contribution in [3.8, 4) is 0 Å². The van der Waals surface area contributed by atoms with Gasteiger partial charge >= 0.3 is 0 Å². The summed E-state index contributed by atoms with van der Waals surface area (Å²) in [5.41, 5.74) is -0.470. The number of aliphatic hydroxyl groups is 2. The molecule has 6 heteroatoms. The van der Waals surface area contributed by atoms with Gasteiger partial charge in [0.15, 0.2) is 11.8 Å². The molecule has 0 spiro atoms. The Hall–Kier alpha value is -2.57. The number of halogens is 1. The molecule has 1 aliphatic rings. The second kappa shape index (κ2) is 6.14. The summed E-state index contributed by atoms with van der Waals surface area (Å²) in [5, 5.41) is 26.3. The second-order valence-electron chi connectivity index (χ2n) is 5.80. The fourth-order valence-electron chi connectivity index (χ4n) is 2.79. The van der Waals surface area contributed by atoms with Crippen molar-refractivity contribution in [3.63, 3.8) is 0 Å². The van der Waals surface area contributed by atoms with Crippen molar-refractivity contribution >= 4 is 11.6 Å². The quantitative estimate of drug-likeness (QED) is 0.908. The zero-order valence-electron chi connectivity index (χ0n) is 13.1. The molecule has 0 aliphatic carbocycles. The van der Waals surface area contributed by atoms with Crippen LogP contribution < -0.4 is 0 Å². The zero-order chi connectivity index (χ0) is 17.3.